The Morgan fingerprint density at radius 1 is 1.12 bits per heavy atom. The van der Waals surface area contributed by atoms with Crippen LogP contribution in [0.15, 0.2) is 91.8 Å². The molecular weight excluding hydrogens is 543 g/mol. The maximum Gasteiger partial charge on any atom is 0.119 e. The number of pyridine rings is 1. The van der Waals surface area contributed by atoms with Crippen molar-refractivity contribution in [2.45, 2.75) is 31.4 Å². The molecule has 0 amide bonds. The van der Waals surface area contributed by atoms with E-state index in [2.05, 4.69) is 51.6 Å². The van der Waals surface area contributed by atoms with Crippen LogP contribution < -0.4 is 10.6 Å². The van der Waals surface area contributed by atoms with Gasteiger partial charge in [-0.1, -0.05) is 72.3 Å². The van der Waals surface area contributed by atoms with Crippen LogP contribution in [0, 0.1) is 22.7 Å². The summed E-state index contributed by atoms with van der Waals surface area (Å²) in [5.41, 5.74) is 3.27. The molecule has 5 aromatic rings. The molecule has 2 heterocycles. The summed E-state index contributed by atoms with van der Waals surface area (Å²) in [4.78, 5) is 4.49. The summed E-state index contributed by atoms with van der Waals surface area (Å²) in [6.07, 6.45) is 5.74. The monoisotopic (exact) mass is 568 g/mol. The largest absolute Gasteiger partial charge is 0.378 e. The van der Waals surface area contributed by atoms with Gasteiger partial charge in [-0.15, -0.1) is 11.7 Å². The molecule has 5 rings (SSSR count). The second-order valence-electron chi connectivity index (χ2n) is 9.77. The topological polar surface area (TPSA) is 115 Å². The van der Waals surface area contributed by atoms with Crippen LogP contribution in [0.2, 0.25) is 5.02 Å². The van der Waals surface area contributed by atoms with Crippen molar-refractivity contribution in [3.05, 3.63) is 125 Å². The molecule has 2 atom stereocenters. The van der Waals surface area contributed by atoms with Gasteiger partial charge in [-0.3, -0.25) is 4.98 Å². The Labute approximate surface area is 250 Å². The second-order valence-corrected chi connectivity index (χ2v) is 10.2. The van der Waals surface area contributed by atoms with E-state index in [1.807, 2.05) is 42.5 Å². The van der Waals surface area contributed by atoms with Gasteiger partial charge >= 0.3 is 0 Å². The molecule has 0 saturated carbocycles. The number of benzene rings is 3. The van der Waals surface area contributed by atoms with E-state index in [9.17, 15) is 10.5 Å². The standard InChI is InChI=1S/C32H26BClN8/c1-3-13-42-20-29(40-41-42)32(33,24-12-8-9-21(14-24)17-35)39-25-15-26-30(23(18-36)19-37-31(26)27(34)16-25)38-28(4-2)22-10-6-5-7-11-22/h3,5-12,14-16,19-20,28,39H,1,4,13H2,2H3,(H,37,38)/t28-,32?/m1/s1. The third kappa shape index (κ3) is 5.56. The average molecular weight is 569 g/mol. The highest BCUT2D eigenvalue weighted by Crippen LogP contribution is 2.38. The number of hydrogen-bond acceptors (Lipinski definition) is 7. The normalized spacial score (nSPS) is 13.0. The Balaban J connectivity index is 1.65. The molecular formula is C32H26BClN8. The fourth-order valence-corrected chi connectivity index (χ4v) is 5.17. The summed E-state index contributed by atoms with van der Waals surface area (Å²) in [7, 11) is 7.08. The number of nitrogens with one attached hydrogen (secondary N) is 2. The van der Waals surface area contributed by atoms with Gasteiger partial charge in [0.15, 0.2) is 0 Å². The summed E-state index contributed by atoms with van der Waals surface area (Å²) in [6.45, 7) is 6.29. The zero-order chi connectivity index (χ0) is 29.7. The first-order valence-corrected chi connectivity index (χ1v) is 13.7. The molecule has 0 fully saturated rings. The second kappa shape index (κ2) is 12.2. The molecule has 2 radical (unpaired) electrons. The predicted molar refractivity (Wildman–Crippen MR) is 166 cm³/mol. The Bertz CT molecular complexity index is 1840. The van der Waals surface area contributed by atoms with Gasteiger partial charge in [0.05, 0.1) is 57.6 Å². The summed E-state index contributed by atoms with van der Waals surface area (Å²) < 4.78 is 1.62. The number of nitrogens with zero attached hydrogens (tertiary/aromatic N) is 6. The third-order valence-corrected chi connectivity index (χ3v) is 7.31. The number of aromatic nitrogens is 4. The van der Waals surface area contributed by atoms with Gasteiger partial charge < -0.3 is 10.6 Å². The first-order valence-electron chi connectivity index (χ1n) is 13.3. The van der Waals surface area contributed by atoms with Crippen molar-refractivity contribution in [2.75, 3.05) is 10.6 Å². The summed E-state index contributed by atoms with van der Waals surface area (Å²) in [5, 5.41) is 36.1. The number of hydrogen-bond donors (Lipinski definition) is 2. The molecule has 10 heteroatoms. The molecule has 0 bridgehead atoms. The average Bonchev–Trinajstić information content (AvgIpc) is 3.50. The van der Waals surface area contributed by atoms with E-state index in [4.69, 9.17) is 19.4 Å². The molecule has 0 aliphatic rings. The van der Waals surface area contributed by atoms with Crippen LogP contribution in [-0.2, 0) is 12.0 Å². The summed E-state index contributed by atoms with van der Waals surface area (Å²) >= 11 is 6.79. The fourth-order valence-electron chi connectivity index (χ4n) is 4.90. The minimum atomic E-state index is -1.40. The quantitative estimate of drug-likeness (QED) is 0.147. The number of anilines is 2. The van der Waals surface area contributed by atoms with E-state index in [0.29, 0.717) is 56.2 Å². The molecule has 2 N–H and O–H groups in total. The minimum absolute atomic E-state index is 0.0542. The maximum absolute atomic E-state index is 10.0. The SMILES string of the molecule is [B]C(Nc1cc(Cl)c2ncc(C#N)c(N[C@H](CC)c3ccccc3)c2c1)(c1cccc(C#N)c1)c1cn(CC=C)nn1. The highest BCUT2D eigenvalue weighted by Gasteiger charge is 2.32. The Kier molecular flexibility index (Phi) is 8.24. The lowest BCUT2D eigenvalue weighted by atomic mass is 9.69. The Morgan fingerprint density at radius 3 is 2.64 bits per heavy atom. The Hall–Kier alpha value is -5.12. The number of fused-ring (bicyclic) bond motifs is 1. The van der Waals surface area contributed by atoms with Crippen molar-refractivity contribution in [2.24, 2.45) is 0 Å². The molecule has 0 saturated heterocycles. The molecule has 0 spiro atoms. The summed E-state index contributed by atoms with van der Waals surface area (Å²) in [6, 6.07) is 25.0. The fraction of sp³-hybridized carbons (Fsp3) is 0.156. The number of rotatable bonds is 10. The van der Waals surface area contributed by atoms with Gasteiger partial charge in [0.1, 0.15) is 19.6 Å². The molecule has 42 heavy (non-hydrogen) atoms. The molecule has 8 nitrogen and oxygen atoms in total. The van der Waals surface area contributed by atoms with Gasteiger partial charge in [-0.25, -0.2) is 4.68 Å². The molecule has 0 aliphatic heterocycles. The van der Waals surface area contributed by atoms with E-state index in [1.54, 1.807) is 41.2 Å². The van der Waals surface area contributed by atoms with E-state index < -0.39 is 5.44 Å². The van der Waals surface area contributed by atoms with Gasteiger partial charge in [0.2, 0.25) is 0 Å². The van der Waals surface area contributed by atoms with Crippen molar-refractivity contribution in [3.8, 4) is 12.1 Å². The first-order chi connectivity index (χ1) is 20.4. The lowest BCUT2D eigenvalue weighted by molar-refractivity contribution is 0.661. The van der Waals surface area contributed by atoms with Crippen molar-refractivity contribution in [3.63, 3.8) is 0 Å². The lowest BCUT2D eigenvalue weighted by Gasteiger charge is -2.32. The van der Waals surface area contributed by atoms with Crippen LogP contribution in [0.4, 0.5) is 11.4 Å². The van der Waals surface area contributed by atoms with E-state index in [-0.39, 0.29) is 6.04 Å². The van der Waals surface area contributed by atoms with Crippen molar-refractivity contribution < 1.29 is 0 Å². The number of nitriles is 2. The van der Waals surface area contributed by atoms with Crippen LogP contribution in [0.3, 0.4) is 0 Å². The van der Waals surface area contributed by atoms with Crippen LogP contribution >= 0.6 is 11.6 Å². The van der Waals surface area contributed by atoms with Gasteiger partial charge in [-0.2, -0.15) is 10.5 Å². The third-order valence-electron chi connectivity index (χ3n) is 7.02. The minimum Gasteiger partial charge on any atom is -0.378 e. The van der Waals surface area contributed by atoms with E-state index in [0.717, 1.165) is 12.0 Å². The van der Waals surface area contributed by atoms with Gasteiger partial charge in [-0.05, 0) is 41.8 Å². The van der Waals surface area contributed by atoms with Crippen LogP contribution in [-0.4, -0.2) is 27.8 Å². The molecule has 204 valence electrons. The van der Waals surface area contributed by atoms with Crippen molar-refractivity contribution >= 4 is 41.7 Å². The zero-order valence-electron chi connectivity index (χ0n) is 22.9. The van der Waals surface area contributed by atoms with Crippen molar-refractivity contribution in [1.82, 2.24) is 20.0 Å². The smallest absolute Gasteiger partial charge is 0.119 e. The first kappa shape index (κ1) is 28.4. The predicted octanol–water partition coefficient (Wildman–Crippen LogP) is 6.45. The highest BCUT2D eigenvalue weighted by atomic mass is 35.5. The maximum atomic E-state index is 10.0. The Morgan fingerprint density at radius 2 is 1.93 bits per heavy atom. The van der Waals surface area contributed by atoms with Crippen LogP contribution in [0.5, 0.6) is 0 Å². The van der Waals surface area contributed by atoms with Crippen LogP contribution in [0.1, 0.15) is 47.3 Å². The van der Waals surface area contributed by atoms with Gasteiger partial charge in [0, 0.05) is 17.3 Å². The van der Waals surface area contributed by atoms with Crippen LogP contribution in [0.25, 0.3) is 10.9 Å². The molecule has 2 aromatic heterocycles. The number of halogens is 1. The molecule has 1 unspecified atom stereocenters. The number of allylic oxidation sites excluding steroid dienone is 1. The lowest BCUT2D eigenvalue weighted by Crippen LogP contribution is -2.38. The zero-order valence-corrected chi connectivity index (χ0v) is 23.7. The molecule has 0 aliphatic carbocycles. The van der Waals surface area contributed by atoms with Gasteiger partial charge in [0.25, 0.3) is 0 Å². The highest BCUT2D eigenvalue weighted by molar-refractivity contribution is 6.36. The van der Waals surface area contributed by atoms with E-state index in [1.165, 1.54) is 6.20 Å². The molecule has 3 aromatic carbocycles. The van der Waals surface area contributed by atoms with Crippen molar-refractivity contribution in [1.29, 1.82) is 10.5 Å². The van der Waals surface area contributed by atoms with E-state index >= 15 is 0 Å². The summed E-state index contributed by atoms with van der Waals surface area (Å²) in [5.74, 6) is 0.